The zero-order valence-corrected chi connectivity index (χ0v) is 10.8. The largest absolute Gasteiger partial charge is 0.389 e. The fraction of sp³-hybridized carbons (Fsp3) is 0.500. The molecule has 2 amide bonds. The van der Waals surface area contributed by atoms with Crippen molar-refractivity contribution in [3.8, 4) is 0 Å². The van der Waals surface area contributed by atoms with Gasteiger partial charge < -0.3 is 15.7 Å². The standard InChI is InChI=1S/C14H20N2O2/c1-9-6-12(9)8-15-14(18)16-13-5-3-4-11(7-13)10(2)17/h3-5,7,9-10,12,17H,6,8H2,1-2H3,(H2,15,16,18). The fourth-order valence-electron chi connectivity index (χ4n) is 1.96. The van der Waals surface area contributed by atoms with Gasteiger partial charge in [0.2, 0.25) is 0 Å². The van der Waals surface area contributed by atoms with Crippen LogP contribution in [0, 0.1) is 11.8 Å². The molecule has 3 atom stereocenters. The van der Waals surface area contributed by atoms with Crippen molar-refractivity contribution in [2.24, 2.45) is 11.8 Å². The maximum atomic E-state index is 11.6. The number of nitrogens with one attached hydrogen (secondary N) is 2. The summed E-state index contributed by atoms with van der Waals surface area (Å²) in [4.78, 5) is 11.6. The third-order valence-corrected chi connectivity index (χ3v) is 3.43. The molecule has 1 saturated carbocycles. The molecular weight excluding hydrogens is 228 g/mol. The van der Waals surface area contributed by atoms with E-state index in [-0.39, 0.29) is 6.03 Å². The first-order chi connectivity index (χ1) is 8.56. The second kappa shape index (κ2) is 5.40. The number of benzene rings is 1. The van der Waals surface area contributed by atoms with Crippen LogP contribution in [0.4, 0.5) is 10.5 Å². The first kappa shape index (κ1) is 12.9. The van der Waals surface area contributed by atoms with Crippen LogP contribution in [0.3, 0.4) is 0 Å². The molecule has 1 aromatic carbocycles. The summed E-state index contributed by atoms with van der Waals surface area (Å²) in [5, 5.41) is 15.1. The van der Waals surface area contributed by atoms with E-state index in [0.29, 0.717) is 11.6 Å². The Hall–Kier alpha value is -1.55. The summed E-state index contributed by atoms with van der Waals surface area (Å²) in [5.41, 5.74) is 1.50. The third kappa shape index (κ3) is 3.47. The van der Waals surface area contributed by atoms with E-state index in [1.54, 1.807) is 13.0 Å². The number of urea groups is 1. The molecule has 0 aromatic heterocycles. The average molecular weight is 248 g/mol. The molecule has 3 N–H and O–H groups in total. The second-order valence-corrected chi connectivity index (χ2v) is 5.11. The Morgan fingerprint density at radius 3 is 2.89 bits per heavy atom. The predicted octanol–water partition coefficient (Wildman–Crippen LogP) is 2.52. The van der Waals surface area contributed by atoms with Gasteiger partial charge in [-0.15, -0.1) is 0 Å². The highest BCUT2D eigenvalue weighted by Crippen LogP contribution is 2.36. The van der Waals surface area contributed by atoms with E-state index >= 15 is 0 Å². The van der Waals surface area contributed by atoms with Crippen molar-refractivity contribution in [1.82, 2.24) is 5.32 Å². The number of carbonyl (C=O) groups is 1. The predicted molar refractivity (Wildman–Crippen MR) is 71.4 cm³/mol. The van der Waals surface area contributed by atoms with Crippen LogP contribution in [0.2, 0.25) is 0 Å². The maximum absolute atomic E-state index is 11.6. The molecule has 0 saturated heterocycles. The van der Waals surface area contributed by atoms with Crippen molar-refractivity contribution in [2.45, 2.75) is 26.4 Å². The summed E-state index contributed by atoms with van der Waals surface area (Å²) in [6, 6.07) is 7.06. The lowest BCUT2D eigenvalue weighted by Gasteiger charge is -2.10. The molecule has 4 heteroatoms. The van der Waals surface area contributed by atoms with E-state index in [0.717, 1.165) is 18.0 Å². The number of carbonyl (C=O) groups excluding carboxylic acids is 1. The normalized spacial score (nSPS) is 23.3. The Labute approximate surface area is 107 Å². The topological polar surface area (TPSA) is 61.4 Å². The van der Waals surface area contributed by atoms with Crippen molar-refractivity contribution in [3.05, 3.63) is 29.8 Å². The molecule has 2 rings (SSSR count). The van der Waals surface area contributed by atoms with Gasteiger partial charge in [-0.25, -0.2) is 4.79 Å². The van der Waals surface area contributed by atoms with Crippen molar-refractivity contribution < 1.29 is 9.90 Å². The zero-order chi connectivity index (χ0) is 13.1. The molecule has 0 radical (unpaired) electrons. The van der Waals surface area contributed by atoms with Gasteiger partial charge in [-0.2, -0.15) is 0 Å². The lowest BCUT2D eigenvalue weighted by atomic mass is 10.1. The first-order valence-electron chi connectivity index (χ1n) is 6.39. The smallest absolute Gasteiger partial charge is 0.319 e. The van der Waals surface area contributed by atoms with Crippen LogP contribution in [0.15, 0.2) is 24.3 Å². The molecule has 98 valence electrons. The molecule has 0 spiro atoms. The van der Waals surface area contributed by atoms with Gasteiger partial charge >= 0.3 is 6.03 Å². The van der Waals surface area contributed by atoms with E-state index < -0.39 is 6.10 Å². The highest BCUT2D eigenvalue weighted by molar-refractivity contribution is 5.89. The highest BCUT2D eigenvalue weighted by Gasteiger charge is 2.32. The Morgan fingerprint density at radius 1 is 1.56 bits per heavy atom. The molecule has 3 unspecified atom stereocenters. The van der Waals surface area contributed by atoms with Gasteiger partial charge in [0, 0.05) is 12.2 Å². The Morgan fingerprint density at radius 2 is 2.28 bits per heavy atom. The van der Waals surface area contributed by atoms with E-state index in [1.807, 2.05) is 18.2 Å². The van der Waals surface area contributed by atoms with Crippen molar-refractivity contribution in [2.75, 3.05) is 11.9 Å². The Kier molecular flexibility index (Phi) is 3.87. The van der Waals surface area contributed by atoms with E-state index in [4.69, 9.17) is 0 Å². The molecule has 1 aliphatic carbocycles. The third-order valence-electron chi connectivity index (χ3n) is 3.43. The maximum Gasteiger partial charge on any atom is 0.319 e. The average Bonchev–Trinajstić information content (AvgIpc) is 3.03. The van der Waals surface area contributed by atoms with Gasteiger partial charge in [0.05, 0.1) is 6.10 Å². The van der Waals surface area contributed by atoms with E-state index in [9.17, 15) is 9.90 Å². The summed E-state index contributed by atoms with van der Waals surface area (Å²) in [5.74, 6) is 1.38. The van der Waals surface area contributed by atoms with Crippen LogP contribution < -0.4 is 10.6 Å². The van der Waals surface area contributed by atoms with E-state index in [1.165, 1.54) is 6.42 Å². The molecule has 1 aromatic rings. The molecule has 18 heavy (non-hydrogen) atoms. The number of hydrogen-bond acceptors (Lipinski definition) is 2. The van der Waals surface area contributed by atoms with Gasteiger partial charge in [0.1, 0.15) is 0 Å². The summed E-state index contributed by atoms with van der Waals surface area (Å²) in [7, 11) is 0. The van der Waals surface area contributed by atoms with Gasteiger partial charge in [0.25, 0.3) is 0 Å². The van der Waals surface area contributed by atoms with Crippen LogP contribution in [0.5, 0.6) is 0 Å². The highest BCUT2D eigenvalue weighted by atomic mass is 16.3. The Bertz CT molecular complexity index is 432. The van der Waals surface area contributed by atoms with Crippen molar-refractivity contribution in [3.63, 3.8) is 0 Å². The van der Waals surface area contributed by atoms with Crippen LogP contribution in [0.25, 0.3) is 0 Å². The number of aliphatic hydroxyl groups excluding tert-OH is 1. The molecule has 0 aliphatic heterocycles. The lowest BCUT2D eigenvalue weighted by Crippen LogP contribution is -2.30. The van der Waals surface area contributed by atoms with Gasteiger partial charge in [-0.05, 0) is 42.9 Å². The van der Waals surface area contributed by atoms with Crippen LogP contribution in [-0.2, 0) is 0 Å². The quantitative estimate of drug-likeness (QED) is 0.766. The lowest BCUT2D eigenvalue weighted by molar-refractivity contribution is 0.199. The summed E-state index contributed by atoms with van der Waals surface area (Å²) in [6.07, 6.45) is 0.680. The SMILES string of the molecule is CC(O)c1cccc(NC(=O)NCC2CC2C)c1. The monoisotopic (exact) mass is 248 g/mol. The molecular formula is C14H20N2O2. The summed E-state index contributed by atoms with van der Waals surface area (Å²) in [6.45, 7) is 4.63. The summed E-state index contributed by atoms with van der Waals surface area (Å²) < 4.78 is 0. The second-order valence-electron chi connectivity index (χ2n) is 5.11. The van der Waals surface area contributed by atoms with Gasteiger partial charge in [0.15, 0.2) is 0 Å². The molecule has 0 heterocycles. The molecule has 4 nitrogen and oxygen atoms in total. The molecule has 1 fully saturated rings. The number of rotatable bonds is 4. The minimum atomic E-state index is -0.526. The van der Waals surface area contributed by atoms with Crippen LogP contribution in [0.1, 0.15) is 31.9 Å². The number of aliphatic hydroxyl groups is 1. The fourth-order valence-corrected chi connectivity index (χ4v) is 1.96. The first-order valence-corrected chi connectivity index (χ1v) is 6.39. The van der Waals surface area contributed by atoms with Crippen molar-refractivity contribution >= 4 is 11.7 Å². The van der Waals surface area contributed by atoms with E-state index in [2.05, 4.69) is 17.6 Å². The number of hydrogen-bond donors (Lipinski definition) is 3. The molecule has 0 bridgehead atoms. The van der Waals surface area contributed by atoms with Crippen molar-refractivity contribution in [1.29, 1.82) is 0 Å². The number of amides is 2. The zero-order valence-electron chi connectivity index (χ0n) is 10.8. The molecule has 1 aliphatic rings. The Balaban J connectivity index is 1.84. The van der Waals surface area contributed by atoms with Gasteiger partial charge in [-0.3, -0.25) is 0 Å². The number of anilines is 1. The van der Waals surface area contributed by atoms with Gasteiger partial charge in [-0.1, -0.05) is 19.1 Å². The minimum Gasteiger partial charge on any atom is -0.389 e. The van der Waals surface area contributed by atoms with Crippen LogP contribution in [-0.4, -0.2) is 17.7 Å². The minimum absolute atomic E-state index is 0.183. The van der Waals surface area contributed by atoms with Crippen LogP contribution >= 0.6 is 0 Å². The summed E-state index contributed by atoms with van der Waals surface area (Å²) >= 11 is 0.